The predicted molar refractivity (Wildman–Crippen MR) is 35.9 cm³/mol. The Morgan fingerprint density at radius 1 is 1.00 bits per heavy atom. The van der Waals surface area contributed by atoms with Crippen LogP contribution in [0.25, 0.3) is 0 Å². The van der Waals surface area contributed by atoms with Crippen molar-refractivity contribution in [1.82, 2.24) is 0 Å². The Balaban J connectivity index is 3.34. The maximum Gasteiger partial charge on any atom is 0.159 e. The van der Waals surface area contributed by atoms with E-state index >= 15 is 0 Å². The third-order valence-corrected chi connectivity index (χ3v) is 2.19. The third kappa shape index (κ3) is 1.06. The first-order valence-corrected chi connectivity index (χ1v) is 3.73. The van der Waals surface area contributed by atoms with Crippen LogP contribution in [0.5, 0.6) is 0 Å². The molecule has 0 fully saturated rings. The van der Waals surface area contributed by atoms with E-state index in [-0.39, 0.29) is 15.4 Å². The van der Waals surface area contributed by atoms with Crippen molar-refractivity contribution in [2.75, 3.05) is 0 Å². The van der Waals surface area contributed by atoms with Gasteiger partial charge in [-0.1, -0.05) is 0 Å². The van der Waals surface area contributed by atoms with Crippen LogP contribution in [-0.2, 0) is 0 Å². The molecule has 1 aromatic carbocycles. The SMILES string of the molecule is Fc1ccc(F)c([SiH3])c1F. The van der Waals surface area contributed by atoms with Crippen LogP contribution < -0.4 is 5.19 Å². The summed E-state index contributed by atoms with van der Waals surface area (Å²) in [5, 5.41) is -0.139. The number of rotatable bonds is 0. The van der Waals surface area contributed by atoms with Gasteiger partial charge >= 0.3 is 0 Å². The molecular formula is C6H5F3Si. The van der Waals surface area contributed by atoms with Crippen LogP contribution in [-0.4, -0.2) is 10.2 Å². The second kappa shape index (κ2) is 2.46. The van der Waals surface area contributed by atoms with Crippen molar-refractivity contribution in [1.29, 1.82) is 0 Å². The molecular weight excluding hydrogens is 157 g/mol. The Morgan fingerprint density at radius 3 is 2.00 bits per heavy atom. The largest absolute Gasteiger partial charge is 0.207 e. The quantitative estimate of drug-likeness (QED) is 0.375. The van der Waals surface area contributed by atoms with Gasteiger partial charge in [0, 0.05) is 15.4 Å². The molecule has 0 saturated carbocycles. The smallest absolute Gasteiger partial charge is 0.159 e. The fourth-order valence-electron chi connectivity index (χ4n) is 0.628. The highest BCUT2D eigenvalue weighted by Gasteiger charge is 2.07. The van der Waals surface area contributed by atoms with Gasteiger partial charge in [0.2, 0.25) is 0 Å². The van der Waals surface area contributed by atoms with Gasteiger partial charge in [-0.15, -0.1) is 0 Å². The highest BCUT2D eigenvalue weighted by Crippen LogP contribution is 2.02. The van der Waals surface area contributed by atoms with E-state index < -0.39 is 17.5 Å². The molecule has 0 N–H and O–H groups in total. The lowest BCUT2D eigenvalue weighted by atomic mass is 10.3. The molecule has 0 amide bonds. The molecule has 0 heterocycles. The zero-order valence-electron chi connectivity index (χ0n) is 5.29. The highest BCUT2D eigenvalue weighted by molar-refractivity contribution is 6.32. The standard InChI is InChI=1S/C6H5F3Si/c7-3-1-2-4(8)6(10)5(3)9/h1-2H,10H3. The lowest BCUT2D eigenvalue weighted by Gasteiger charge is -1.97. The van der Waals surface area contributed by atoms with E-state index in [0.29, 0.717) is 0 Å². The maximum atomic E-state index is 12.4. The van der Waals surface area contributed by atoms with E-state index in [1.54, 1.807) is 0 Å². The molecule has 0 nitrogen and oxygen atoms in total. The molecule has 0 unspecified atom stereocenters. The van der Waals surface area contributed by atoms with Crippen LogP contribution in [0.1, 0.15) is 0 Å². The van der Waals surface area contributed by atoms with Crippen LogP contribution in [0, 0.1) is 17.5 Å². The molecule has 0 radical (unpaired) electrons. The Kier molecular flexibility index (Phi) is 1.80. The molecule has 1 aromatic rings. The fourth-order valence-corrected chi connectivity index (χ4v) is 1.03. The van der Waals surface area contributed by atoms with E-state index in [0.717, 1.165) is 12.1 Å². The van der Waals surface area contributed by atoms with Gasteiger partial charge in [-0.2, -0.15) is 0 Å². The Bertz CT molecular complexity index is 232. The Hall–Kier alpha value is -0.773. The van der Waals surface area contributed by atoms with Gasteiger partial charge in [-0.05, 0) is 12.1 Å². The van der Waals surface area contributed by atoms with Crippen LogP contribution in [0.4, 0.5) is 13.2 Å². The Morgan fingerprint density at radius 2 is 1.50 bits per heavy atom. The van der Waals surface area contributed by atoms with Gasteiger partial charge in [0.05, 0.1) is 0 Å². The van der Waals surface area contributed by atoms with Gasteiger partial charge in [0.1, 0.15) is 5.82 Å². The summed E-state index contributed by atoms with van der Waals surface area (Å²) >= 11 is 0. The lowest BCUT2D eigenvalue weighted by molar-refractivity contribution is 0.503. The van der Waals surface area contributed by atoms with E-state index in [1.807, 2.05) is 0 Å². The minimum Gasteiger partial charge on any atom is -0.207 e. The minimum absolute atomic E-state index is 0.139. The van der Waals surface area contributed by atoms with Crippen molar-refractivity contribution in [2.45, 2.75) is 0 Å². The van der Waals surface area contributed by atoms with Gasteiger partial charge in [-0.25, -0.2) is 13.2 Å². The fraction of sp³-hybridized carbons (Fsp3) is 0. The summed E-state index contributed by atoms with van der Waals surface area (Å²) in [6.45, 7) is 0. The van der Waals surface area contributed by atoms with E-state index in [4.69, 9.17) is 0 Å². The predicted octanol–water partition coefficient (Wildman–Crippen LogP) is 0.0946. The zero-order valence-corrected chi connectivity index (χ0v) is 7.29. The summed E-state index contributed by atoms with van der Waals surface area (Å²) < 4.78 is 37.0. The van der Waals surface area contributed by atoms with E-state index in [9.17, 15) is 13.2 Å². The molecule has 4 heteroatoms. The molecule has 0 atom stereocenters. The number of halogens is 3. The monoisotopic (exact) mass is 162 g/mol. The summed E-state index contributed by atoms with van der Waals surface area (Å²) in [6, 6.07) is 1.72. The van der Waals surface area contributed by atoms with Crippen molar-refractivity contribution >= 4 is 15.4 Å². The van der Waals surface area contributed by atoms with Gasteiger partial charge in [0.25, 0.3) is 0 Å². The van der Waals surface area contributed by atoms with Gasteiger partial charge < -0.3 is 0 Å². The highest BCUT2D eigenvalue weighted by atomic mass is 28.1. The third-order valence-electron chi connectivity index (χ3n) is 1.27. The molecule has 0 bridgehead atoms. The summed E-state index contributed by atoms with van der Waals surface area (Å²) in [5.41, 5.74) is 0. The average Bonchev–Trinajstić information content (AvgIpc) is 1.93. The minimum atomic E-state index is -1.05. The molecule has 0 aromatic heterocycles. The van der Waals surface area contributed by atoms with Gasteiger partial charge in [0.15, 0.2) is 11.6 Å². The number of benzene rings is 1. The first-order valence-electron chi connectivity index (χ1n) is 2.73. The van der Waals surface area contributed by atoms with Crippen molar-refractivity contribution in [2.24, 2.45) is 0 Å². The van der Waals surface area contributed by atoms with Crippen molar-refractivity contribution in [3.8, 4) is 0 Å². The molecule has 0 aliphatic heterocycles. The normalized spacial score (nSPS) is 10.3. The summed E-state index contributed by atoms with van der Waals surface area (Å²) in [5.74, 6) is -2.69. The molecule has 0 aliphatic carbocycles. The van der Waals surface area contributed by atoms with Crippen molar-refractivity contribution in [3.05, 3.63) is 29.6 Å². The average molecular weight is 162 g/mol. The number of hydrogen-bond donors (Lipinski definition) is 0. The first kappa shape index (κ1) is 7.34. The number of hydrogen-bond acceptors (Lipinski definition) is 0. The second-order valence-electron chi connectivity index (χ2n) is 1.97. The molecule has 10 heavy (non-hydrogen) atoms. The van der Waals surface area contributed by atoms with Crippen LogP contribution in [0.15, 0.2) is 12.1 Å². The summed E-state index contributed by atoms with van der Waals surface area (Å²) in [4.78, 5) is 0. The first-order chi connectivity index (χ1) is 4.63. The van der Waals surface area contributed by atoms with Gasteiger partial charge in [-0.3, -0.25) is 0 Å². The van der Waals surface area contributed by atoms with Crippen molar-refractivity contribution in [3.63, 3.8) is 0 Å². The van der Waals surface area contributed by atoms with E-state index in [1.165, 1.54) is 0 Å². The molecule has 0 saturated heterocycles. The van der Waals surface area contributed by atoms with Crippen molar-refractivity contribution < 1.29 is 13.2 Å². The molecule has 1 rings (SSSR count). The molecule has 0 aliphatic rings. The van der Waals surface area contributed by atoms with Crippen LogP contribution in [0.3, 0.4) is 0 Å². The Labute approximate surface area is 59.1 Å². The molecule has 54 valence electrons. The maximum absolute atomic E-state index is 12.4. The topological polar surface area (TPSA) is 0 Å². The summed E-state index contributed by atoms with van der Waals surface area (Å²) in [6.07, 6.45) is 0. The lowest BCUT2D eigenvalue weighted by Crippen LogP contribution is -2.15. The summed E-state index contributed by atoms with van der Waals surface area (Å²) in [7, 11) is 0.187. The molecule has 0 spiro atoms. The van der Waals surface area contributed by atoms with E-state index in [2.05, 4.69) is 0 Å². The van der Waals surface area contributed by atoms with Crippen LogP contribution >= 0.6 is 0 Å². The van der Waals surface area contributed by atoms with Crippen LogP contribution in [0.2, 0.25) is 0 Å². The zero-order chi connectivity index (χ0) is 7.72. The second-order valence-corrected chi connectivity index (χ2v) is 2.97.